The number of benzene rings is 1. The van der Waals surface area contributed by atoms with Crippen LogP contribution in [0.5, 0.6) is 0 Å². The highest BCUT2D eigenvalue weighted by Crippen LogP contribution is 2.21. The third-order valence-electron chi connectivity index (χ3n) is 2.95. The molecule has 0 bridgehead atoms. The fraction of sp³-hybridized carbons (Fsp3) is 0.571. The molecular formula is C14H25ClN2O2S. The Balaban J connectivity index is 0.00000361. The van der Waals surface area contributed by atoms with E-state index in [0.717, 1.165) is 29.7 Å². The van der Waals surface area contributed by atoms with Gasteiger partial charge in [-0.3, -0.25) is 0 Å². The second kappa shape index (κ2) is 7.98. The number of hydrogen-bond donors (Lipinski definition) is 1. The summed E-state index contributed by atoms with van der Waals surface area (Å²) in [5, 5.41) is 0. The van der Waals surface area contributed by atoms with Crippen LogP contribution in [0, 0.1) is 20.8 Å². The average molecular weight is 321 g/mol. The summed E-state index contributed by atoms with van der Waals surface area (Å²) in [4.78, 5) is 2.46. The van der Waals surface area contributed by atoms with E-state index in [1.807, 2.05) is 51.9 Å². The molecule has 4 nitrogen and oxygen atoms in total. The molecule has 0 aliphatic carbocycles. The molecule has 1 aromatic carbocycles. The minimum atomic E-state index is -3.40. The predicted molar refractivity (Wildman–Crippen MR) is 86.3 cm³/mol. The van der Waals surface area contributed by atoms with Gasteiger partial charge in [0.05, 0.1) is 4.90 Å². The van der Waals surface area contributed by atoms with Crippen LogP contribution in [-0.2, 0) is 10.0 Å². The monoisotopic (exact) mass is 320 g/mol. The second-order valence-corrected chi connectivity index (χ2v) is 6.99. The third kappa shape index (κ3) is 5.40. The van der Waals surface area contributed by atoms with Crippen LogP contribution in [0.4, 0.5) is 0 Å². The summed E-state index contributed by atoms with van der Waals surface area (Å²) in [5.74, 6) is 0. The van der Waals surface area contributed by atoms with E-state index < -0.39 is 10.0 Å². The zero-order valence-corrected chi connectivity index (χ0v) is 14.5. The highest BCUT2D eigenvalue weighted by Gasteiger charge is 2.19. The van der Waals surface area contributed by atoms with Crippen molar-refractivity contribution in [3.8, 4) is 0 Å². The maximum Gasteiger partial charge on any atom is 0.241 e. The van der Waals surface area contributed by atoms with E-state index in [1.54, 1.807) is 0 Å². The SMILES string of the molecule is Cc1cc(C)c(S(=O)(=O)NCCCN(C)C)c(C)c1.Cl. The fourth-order valence-electron chi connectivity index (χ4n) is 2.26. The van der Waals surface area contributed by atoms with Crippen molar-refractivity contribution in [2.75, 3.05) is 27.2 Å². The molecule has 1 rings (SSSR count). The molecule has 116 valence electrons. The maximum atomic E-state index is 12.3. The van der Waals surface area contributed by atoms with Crippen LogP contribution in [0.25, 0.3) is 0 Å². The first-order valence-corrected chi connectivity index (χ1v) is 7.94. The zero-order chi connectivity index (χ0) is 14.6. The van der Waals surface area contributed by atoms with Gasteiger partial charge in [-0.2, -0.15) is 0 Å². The van der Waals surface area contributed by atoms with Gasteiger partial charge in [0.2, 0.25) is 10.0 Å². The first-order chi connectivity index (χ1) is 8.74. The van der Waals surface area contributed by atoms with Crippen LogP contribution in [0.1, 0.15) is 23.1 Å². The molecule has 1 aromatic rings. The van der Waals surface area contributed by atoms with Crippen LogP contribution < -0.4 is 4.72 Å². The summed E-state index contributed by atoms with van der Waals surface area (Å²) in [7, 11) is 0.545. The molecule has 0 atom stereocenters. The number of nitrogens with one attached hydrogen (secondary N) is 1. The summed E-state index contributed by atoms with van der Waals surface area (Å²) in [5.41, 5.74) is 2.69. The van der Waals surface area contributed by atoms with Crippen LogP contribution in [0.15, 0.2) is 17.0 Å². The van der Waals surface area contributed by atoms with Gasteiger partial charge in [0.25, 0.3) is 0 Å². The predicted octanol–water partition coefficient (Wildman–Crippen LogP) is 2.26. The normalized spacial score (nSPS) is 11.5. The summed E-state index contributed by atoms with van der Waals surface area (Å²) in [6.07, 6.45) is 0.802. The van der Waals surface area contributed by atoms with E-state index in [-0.39, 0.29) is 12.4 Å². The first kappa shape index (κ1) is 19.4. The quantitative estimate of drug-likeness (QED) is 0.818. The van der Waals surface area contributed by atoms with Gasteiger partial charge in [0.15, 0.2) is 0 Å². The molecule has 1 N–H and O–H groups in total. The molecule has 6 heteroatoms. The van der Waals surface area contributed by atoms with Crippen LogP contribution >= 0.6 is 12.4 Å². The van der Waals surface area contributed by atoms with Gasteiger partial charge >= 0.3 is 0 Å². The average Bonchev–Trinajstić information content (AvgIpc) is 2.22. The highest BCUT2D eigenvalue weighted by atomic mass is 35.5. The molecule has 0 radical (unpaired) electrons. The smallest absolute Gasteiger partial charge is 0.241 e. The van der Waals surface area contributed by atoms with E-state index in [0.29, 0.717) is 11.4 Å². The molecule has 0 saturated carbocycles. The van der Waals surface area contributed by atoms with Gasteiger partial charge in [-0.05, 0) is 59.0 Å². The molecule has 0 saturated heterocycles. The topological polar surface area (TPSA) is 49.4 Å². The van der Waals surface area contributed by atoms with Crippen molar-refractivity contribution >= 4 is 22.4 Å². The van der Waals surface area contributed by atoms with Crippen LogP contribution in [0.2, 0.25) is 0 Å². The van der Waals surface area contributed by atoms with Gasteiger partial charge in [0, 0.05) is 6.54 Å². The van der Waals surface area contributed by atoms with Crippen LogP contribution in [0.3, 0.4) is 0 Å². The number of nitrogens with zero attached hydrogens (tertiary/aromatic N) is 1. The number of hydrogen-bond acceptors (Lipinski definition) is 3. The lowest BCUT2D eigenvalue weighted by molar-refractivity contribution is 0.400. The Morgan fingerprint density at radius 2 is 1.60 bits per heavy atom. The Morgan fingerprint density at radius 3 is 2.05 bits per heavy atom. The summed E-state index contributed by atoms with van der Waals surface area (Å²) < 4.78 is 27.3. The molecule has 0 heterocycles. The van der Waals surface area contributed by atoms with E-state index in [9.17, 15) is 8.42 Å². The molecule has 0 aliphatic heterocycles. The summed E-state index contributed by atoms with van der Waals surface area (Å²) in [6, 6.07) is 3.81. The lowest BCUT2D eigenvalue weighted by Crippen LogP contribution is -2.28. The largest absolute Gasteiger partial charge is 0.309 e. The molecule has 0 aromatic heterocycles. The minimum absolute atomic E-state index is 0. The Hall–Kier alpha value is -0.620. The zero-order valence-electron chi connectivity index (χ0n) is 12.9. The van der Waals surface area contributed by atoms with Gasteiger partial charge in [-0.25, -0.2) is 13.1 Å². The van der Waals surface area contributed by atoms with Crippen molar-refractivity contribution < 1.29 is 8.42 Å². The van der Waals surface area contributed by atoms with Gasteiger partial charge in [-0.15, -0.1) is 12.4 Å². The van der Waals surface area contributed by atoms with Crippen molar-refractivity contribution in [2.24, 2.45) is 0 Å². The van der Waals surface area contributed by atoms with Crippen molar-refractivity contribution in [3.63, 3.8) is 0 Å². The fourth-order valence-corrected chi connectivity index (χ4v) is 3.79. The molecular weight excluding hydrogens is 296 g/mol. The Bertz CT molecular complexity index is 519. The summed E-state index contributed by atoms with van der Waals surface area (Å²) >= 11 is 0. The van der Waals surface area contributed by atoms with E-state index in [2.05, 4.69) is 4.72 Å². The number of halogens is 1. The molecule has 0 spiro atoms. The third-order valence-corrected chi connectivity index (χ3v) is 4.71. The van der Waals surface area contributed by atoms with Crippen molar-refractivity contribution in [3.05, 3.63) is 28.8 Å². The van der Waals surface area contributed by atoms with Crippen molar-refractivity contribution in [2.45, 2.75) is 32.1 Å². The lowest BCUT2D eigenvalue weighted by atomic mass is 10.1. The lowest BCUT2D eigenvalue weighted by Gasteiger charge is -2.14. The summed E-state index contributed by atoms with van der Waals surface area (Å²) in [6.45, 7) is 6.99. The highest BCUT2D eigenvalue weighted by molar-refractivity contribution is 7.89. The molecule has 0 fully saturated rings. The minimum Gasteiger partial charge on any atom is -0.309 e. The first-order valence-electron chi connectivity index (χ1n) is 6.46. The second-order valence-electron chi connectivity index (χ2n) is 5.28. The van der Waals surface area contributed by atoms with Crippen molar-refractivity contribution in [1.29, 1.82) is 0 Å². The molecule has 0 aliphatic rings. The number of aryl methyl sites for hydroxylation is 3. The molecule has 0 amide bonds. The van der Waals surface area contributed by atoms with Crippen molar-refractivity contribution in [1.82, 2.24) is 9.62 Å². The molecule has 20 heavy (non-hydrogen) atoms. The number of rotatable bonds is 6. The standard InChI is InChI=1S/C14H24N2O2S.ClH/c1-11-9-12(2)14(13(3)10-11)19(17,18)15-7-6-8-16(4)5;/h9-10,15H,6-8H2,1-5H3;1H. The van der Waals surface area contributed by atoms with Crippen LogP contribution in [-0.4, -0.2) is 40.5 Å². The van der Waals surface area contributed by atoms with E-state index in [4.69, 9.17) is 0 Å². The Morgan fingerprint density at radius 1 is 1.10 bits per heavy atom. The van der Waals surface area contributed by atoms with E-state index in [1.165, 1.54) is 0 Å². The molecule has 0 unspecified atom stereocenters. The Kier molecular flexibility index (Phi) is 7.73. The Labute approximate surface area is 129 Å². The van der Waals surface area contributed by atoms with Gasteiger partial charge in [-0.1, -0.05) is 17.7 Å². The van der Waals surface area contributed by atoms with Gasteiger partial charge in [0.1, 0.15) is 0 Å². The number of sulfonamides is 1. The van der Waals surface area contributed by atoms with Gasteiger partial charge < -0.3 is 4.90 Å². The maximum absolute atomic E-state index is 12.3. The van der Waals surface area contributed by atoms with E-state index >= 15 is 0 Å².